The van der Waals surface area contributed by atoms with Crippen molar-refractivity contribution in [1.82, 2.24) is 10.2 Å². The second-order valence-electron chi connectivity index (χ2n) is 6.99. The summed E-state index contributed by atoms with van der Waals surface area (Å²) in [7, 11) is 0. The van der Waals surface area contributed by atoms with Crippen molar-refractivity contribution < 1.29 is 9.59 Å². The number of anilines is 1. The highest BCUT2D eigenvalue weighted by atomic mass is 16.2. The molecule has 2 atom stereocenters. The van der Waals surface area contributed by atoms with E-state index in [4.69, 9.17) is 5.73 Å². The largest absolute Gasteiger partial charge is 0.340 e. The van der Waals surface area contributed by atoms with Crippen LogP contribution in [0, 0.1) is 12.8 Å². The highest BCUT2D eigenvalue weighted by molar-refractivity contribution is 5.92. The maximum Gasteiger partial charge on any atom is 0.319 e. The van der Waals surface area contributed by atoms with E-state index in [9.17, 15) is 9.59 Å². The molecular weight excluding hydrogens is 340 g/mol. The Kier molecular flexibility index (Phi) is 6.08. The van der Waals surface area contributed by atoms with Crippen molar-refractivity contribution in [3.63, 3.8) is 0 Å². The summed E-state index contributed by atoms with van der Waals surface area (Å²) in [6.07, 6.45) is 0. The summed E-state index contributed by atoms with van der Waals surface area (Å²) in [4.78, 5) is 26.4. The third kappa shape index (κ3) is 4.86. The predicted molar refractivity (Wildman–Crippen MR) is 107 cm³/mol. The molecule has 3 amide bonds. The zero-order chi connectivity index (χ0) is 19.2. The molecule has 1 fully saturated rings. The molecule has 0 aliphatic carbocycles. The molecular formula is C21H26N4O2. The molecule has 0 aromatic heterocycles. The zero-order valence-electron chi connectivity index (χ0n) is 15.5. The topological polar surface area (TPSA) is 87.5 Å². The van der Waals surface area contributed by atoms with E-state index >= 15 is 0 Å². The number of rotatable bonds is 5. The fraction of sp³-hybridized carbons (Fsp3) is 0.333. The van der Waals surface area contributed by atoms with Crippen LogP contribution >= 0.6 is 0 Å². The molecule has 142 valence electrons. The average molecular weight is 366 g/mol. The minimum absolute atomic E-state index is 0.0313. The summed E-state index contributed by atoms with van der Waals surface area (Å²) in [5.74, 6) is 0.380. The van der Waals surface area contributed by atoms with Crippen LogP contribution < -0.4 is 16.4 Å². The van der Waals surface area contributed by atoms with E-state index in [0.717, 1.165) is 5.56 Å². The van der Waals surface area contributed by atoms with Gasteiger partial charge < -0.3 is 21.3 Å². The molecule has 1 aliphatic rings. The smallest absolute Gasteiger partial charge is 0.319 e. The Balaban J connectivity index is 1.53. The molecule has 0 unspecified atom stereocenters. The summed E-state index contributed by atoms with van der Waals surface area (Å²) >= 11 is 0. The van der Waals surface area contributed by atoms with Crippen molar-refractivity contribution in [1.29, 1.82) is 0 Å². The van der Waals surface area contributed by atoms with Crippen LogP contribution in [-0.4, -0.2) is 43.0 Å². The molecule has 0 bridgehead atoms. The van der Waals surface area contributed by atoms with Crippen molar-refractivity contribution in [2.75, 3.05) is 31.5 Å². The van der Waals surface area contributed by atoms with E-state index in [1.54, 1.807) is 4.90 Å². The van der Waals surface area contributed by atoms with E-state index in [-0.39, 0.29) is 30.3 Å². The quantitative estimate of drug-likeness (QED) is 0.759. The van der Waals surface area contributed by atoms with Crippen molar-refractivity contribution in [3.8, 4) is 0 Å². The van der Waals surface area contributed by atoms with Crippen LogP contribution in [0.25, 0.3) is 0 Å². The van der Waals surface area contributed by atoms with Gasteiger partial charge in [-0.1, -0.05) is 42.5 Å². The number of nitrogens with two attached hydrogens (primary N) is 1. The molecule has 6 heteroatoms. The lowest BCUT2D eigenvalue weighted by Crippen LogP contribution is -2.40. The van der Waals surface area contributed by atoms with Crippen LogP contribution in [0.3, 0.4) is 0 Å². The van der Waals surface area contributed by atoms with Gasteiger partial charge in [0.2, 0.25) is 5.91 Å². The van der Waals surface area contributed by atoms with Gasteiger partial charge in [0.05, 0.1) is 6.54 Å². The average Bonchev–Trinajstić information content (AvgIpc) is 3.11. The molecule has 3 rings (SSSR count). The molecule has 0 radical (unpaired) electrons. The standard InChI is InChI=1S/C21H26N4O2/c1-15-6-5-9-18(10-15)24-21(27)23-12-20(26)25-13-17(11-22)19(14-25)16-7-3-2-4-8-16/h2-10,17,19H,11-14,22H2,1H3,(H2,23,24,27)/t17-,19+/m1/s1. The fourth-order valence-corrected chi connectivity index (χ4v) is 3.56. The van der Waals surface area contributed by atoms with E-state index in [0.29, 0.717) is 25.3 Å². The molecule has 2 aromatic carbocycles. The molecule has 27 heavy (non-hydrogen) atoms. The van der Waals surface area contributed by atoms with Gasteiger partial charge in [0.25, 0.3) is 0 Å². The van der Waals surface area contributed by atoms with Crippen molar-refractivity contribution in [3.05, 3.63) is 65.7 Å². The monoisotopic (exact) mass is 366 g/mol. The van der Waals surface area contributed by atoms with Crippen LogP contribution in [0.1, 0.15) is 17.0 Å². The van der Waals surface area contributed by atoms with Crippen LogP contribution in [0.15, 0.2) is 54.6 Å². The number of hydrogen-bond donors (Lipinski definition) is 3. The Morgan fingerprint density at radius 3 is 2.59 bits per heavy atom. The first-order valence-electron chi connectivity index (χ1n) is 9.21. The van der Waals surface area contributed by atoms with Crippen LogP contribution in [0.4, 0.5) is 10.5 Å². The Labute approximate surface area is 159 Å². The van der Waals surface area contributed by atoms with E-state index in [1.165, 1.54) is 5.56 Å². The number of urea groups is 1. The Morgan fingerprint density at radius 2 is 1.89 bits per heavy atom. The van der Waals surface area contributed by atoms with Gasteiger partial charge in [0.1, 0.15) is 0 Å². The van der Waals surface area contributed by atoms with Crippen LogP contribution in [0.5, 0.6) is 0 Å². The lowest BCUT2D eigenvalue weighted by atomic mass is 9.89. The minimum atomic E-state index is -0.386. The first kappa shape index (κ1) is 18.9. The van der Waals surface area contributed by atoms with Crippen LogP contribution in [-0.2, 0) is 4.79 Å². The SMILES string of the molecule is Cc1cccc(NC(=O)NCC(=O)N2C[C@@H](CN)[C@H](c3ccccc3)C2)c1. The third-order valence-electron chi connectivity index (χ3n) is 5.00. The van der Waals surface area contributed by atoms with E-state index < -0.39 is 0 Å². The van der Waals surface area contributed by atoms with Gasteiger partial charge in [0.15, 0.2) is 0 Å². The zero-order valence-corrected chi connectivity index (χ0v) is 15.5. The fourth-order valence-electron chi connectivity index (χ4n) is 3.56. The number of carbonyl (C=O) groups is 2. The number of benzene rings is 2. The Bertz CT molecular complexity index is 794. The van der Waals surface area contributed by atoms with Gasteiger partial charge in [-0.05, 0) is 42.6 Å². The minimum Gasteiger partial charge on any atom is -0.340 e. The molecule has 1 saturated heterocycles. The Hall–Kier alpha value is -2.86. The number of nitrogens with zero attached hydrogens (tertiary/aromatic N) is 1. The van der Waals surface area contributed by atoms with Crippen molar-refractivity contribution in [2.45, 2.75) is 12.8 Å². The lowest BCUT2D eigenvalue weighted by molar-refractivity contribution is -0.129. The summed E-state index contributed by atoms with van der Waals surface area (Å²) in [5, 5.41) is 5.38. The highest BCUT2D eigenvalue weighted by Gasteiger charge is 2.35. The van der Waals surface area contributed by atoms with Gasteiger partial charge in [-0.3, -0.25) is 4.79 Å². The molecule has 1 heterocycles. The number of amides is 3. The maximum atomic E-state index is 12.5. The molecule has 0 saturated carbocycles. The van der Waals surface area contributed by atoms with Crippen molar-refractivity contribution in [2.24, 2.45) is 11.7 Å². The summed E-state index contributed by atoms with van der Waals surface area (Å²) in [6.45, 7) is 3.71. The van der Waals surface area contributed by atoms with Gasteiger partial charge >= 0.3 is 6.03 Å². The lowest BCUT2D eigenvalue weighted by Gasteiger charge is -2.17. The first-order valence-corrected chi connectivity index (χ1v) is 9.21. The maximum absolute atomic E-state index is 12.5. The molecule has 0 spiro atoms. The highest BCUT2D eigenvalue weighted by Crippen LogP contribution is 2.31. The number of hydrogen-bond acceptors (Lipinski definition) is 3. The molecule has 4 N–H and O–H groups in total. The van der Waals surface area contributed by atoms with Gasteiger partial charge in [-0.2, -0.15) is 0 Å². The van der Waals surface area contributed by atoms with E-state index in [1.807, 2.05) is 49.4 Å². The molecule has 6 nitrogen and oxygen atoms in total. The van der Waals surface area contributed by atoms with Crippen LogP contribution in [0.2, 0.25) is 0 Å². The normalized spacial score (nSPS) is 19.0. The van der Waals surface area contributed by atoms with E-state index in [2.05, 4.69) is 22.8 Å². The van der Waals surface area contributed by atoms with Gasteiger partial charge in [0, 0.05) is 24.7 Å². The van der Waals surface area contributed by atoms with Gasteiger partial charge in [-0.25, -0.2) is 4.79 Å². The third-order valence-corrected chi connectivity index (χ3v) is 5.00. The summed E-state index contributed by atoms with van der Waals surface area (Å²) < 4.78 is 0. The van der Waals surface area contributed by atoms with Crippen molar-refractivity contribution >= 4 is 17.6 Å². The summed E-state index contributed by atoms with van der Waals surface area (Å²) in [6, 6.07) is 17.3. The number of carbonyl (C=O) groups excluding carboxylic acids is 2. The van der Waals surface area contributed by atoms with Gasteiger partial charge in [-0.15, -0.1) is 0 Å². The second kappa shape index (κ2) is 8.68. The number of likely N-dealkylation sites (tertiary alicyclic amines) is 1. The predicted octanol–water partition coefficient (Wildman–Crippen LogP) is 2.32. The molecule has 2 aromatic rings. The summed E-state index contributed by atoms with van der Waals surface area (Å²) in [5.41, 5.74) is 8.89. The number of aryl methyl sites for hydroxylation is 1. The first-order chi connectivity index (χ1) is 13.1. The second-order valence-corrected chi connectivity index (χ2v) is 6.99. The number of nitrogens with one attached hydrogen (secondary N) is 2. The Morgan fingerprint density at radius 1 is 1.11 bits per heavy atom. The molecule has 1 aliphatic heterocycles.